The van der Waals surface area contributed by atoms with Crippen molar-refractivity contribution in [3.8, 4) is 5.75 Å². The maximum Gasteiger partial charge on any atom is 0.264 e. The number of sulfonamides is 1. The van der Waals surface area contributed by atoms with Crippen molar-refractivity contribution in [2.24, 2.45) is 0 Å². The summed E-state index contributed by atoms with van der Waals surface area (Å²) in [6, 6.07) is 17.5. The van der Waals surface area contributed by atoms with Gasteiger partial charge < -0.3 is 15.0 Å². The van der Waals surface area contributed by atoms with Gasteiger partial charge in [-0.25, -0.2) is 8.42 Å². The van der Waals surface area contributed by atoms with E-state index in [1.807, 2.05) is 6.92 Å². The number of likely N-dealkylation sites (N-methyl/N-ethyl adjacent to an activating group) is 1. The zero-order valence-electron chi connectivity index (χ0n) is 22.1. The third-order valence-electron chi connectivity index (χ3n) is 6.24. The van der Waals surface area contributed by atoms with E-state index in [2.05, 4.69) is 5.32 Å². The standard InChI is InChI=1S/C28H32ClN3O5S/c1-19-6-13-25(14-7-19)38(35,36)32(26-15-10-23(29)16-20(26)2)18-27(33)31(21(3)28(34)30-4)17-22-8-11-24(37-5)12-9-22/h6-16,21H,17-18H2,1-5H3,(H,30,34). The van der Waals surface area contributed by atoms with Crippen LogP contribution in [0.25, 0.3) is 0 Å². The van der Waals surface area contributed by atoms with Gasteiger partial charge in [0, 0.05) is 18.6 Å². The van der Waals surface area contributed by atoms with Crippen molar-refractivity contribution in [3.05, 3.63) is 88.4 Å². The Morgan fingerprint density at radius 2 is 1.63 bits per heavy atom. The van der Waals surface area contributed by atoms with Gasteiger partial charge in [-0.2, -0.15) is 0 Å². The third kappa shape index (κ3) is 6.65. The Morgan fingerprint density at radius 3 is 2.18 bits per heavy atom. The largest absolute Gasteiger partial charge is 0.497 e. The lowest BCUT2D eigenvalue weighted by Gasteiger charge is -2.32. The quantitative estimate of drug-likeness (QED) is 0.400. The number of hydrogen-bond donors (Lipinski definition) is 1. The molecule has 0 fully saturated rings. The molecule has 1 N–H and O–H groups in total. The van der Waals surface area contributed by atoms with Crippen molar-refractivity contribution in [2.75, 3.05) is 25.0 Å². The fourth-order valence-corrected chi connectivity index (χ4v) is 5.67. The highest BCUT2D eigenvalue weighted by Crippen LogP contribution is 2.29. The number of methoxy groups -OCH3 is 1. The summed E-state index contributed by atoms with van der Waals surface area (Å²) in [5.74, 6) is -0.260. The summed E-state index contributed by atoms with van der Waals surface area (Å²) in [5, 5.41) is 3.01. The van der Waals surface area contributed by atoms with Crippen molar-refractivity contribution in [2.45, 2.75) is 38.3 Å². The van der Waals surface area contributed by atoms with Crippen LogP contribution >= 0.6 is 11.6 Å². The zero-order chi connectivity index (χ0) is 28.0. The molecule has 10 heteroatoms. The van der Waals surface area contributed by atoms with Gasteiger partial charge in [0.1, 0.15) is 18.3 Å². The Morgan fingerprint density at radius 1 is 1.00 bits per heavy atom. The molecule has 0 radical (unpaired) electrons. The molecule has 0 aromatic heterocycles. The molecule has 1 atom stereocenters. The molecular formula is C28H32ClN3O5S. The van der Waals surface area contributed by atoms with Crippen LogP contribution in [-0.2, 0) is 26.2 Å². The Labute approximate surface area is 229 Å². The van der Waals surface area contributed by atoms with Crippen LogP contribution in [0.1, 0.15) is 23.6 Å². The summed E-state index contributed by atoms with van der Waals surface area (Å²) in [4.78, 5) is 27.8. The molecule has 0 heterocycles. The second kappa shape index (κ2) is 12.3. The third-order valence-corrected chi connectivity index (χ3v) is 8.25. The molecule has 0 aliphatic heterocycles. The van der Waals surface area contributed by atoms with Crippen molar-refractivity contribution in [1.82, 2.24) is 10.2 Å². The maximum absolute atomic E-state index is 13.9. The minimum atomic E-state index is -4.14. The van der Waals surface area contributed by atoms with Gasteiger partial charge >= 0.3 is 0 Å². The number of hydrogen-bond acceptors (Lipinski definition) is 5. The predicted octanol–water partition coefficient (Wildman–Crippen LogP) is 4.32. The highest BCUT2D eigenvalue weighted by atomic mass is 35.5. The molecule has 0 aliphatic rings. The lowest BCUT2D eigenvalue weighted by molar-refractivity contribution is -0.139. The number of rotatable bonds is 10. The van der Waals surface area contributed by atoms with E-state index in [0.29, 0.717) is 22.0 Å². The molecule has 3 aromatic rings. The summed E-state index contributed by atoms with van der Waals surface area (Å²) in [5.41, 5.74) is 2.56. The number of halogens is 1. The summed E-state index contributed by atoms with van der Waals surface area (Å²) in [6.07, 6.45) is 0. The number of nitrogens with zero attached hydrogens (tertiary/aromatic N) is 2. The van der Waals surface area contributed by atoms with Crippen molar-refractivity contribution < 1.29 is 22.7 Å². The fraction of sp³-hybridized carbons (Fsp3) is 0.286. The average molecular weight is 558 g/mol. The van der Waals surface area contributed by atoms with Crippen LogP contribution in [0.2, 0.25) is 5.02 Å². The van der Waals surface area contributed by atoms with E-state index >= 15 is 0 Å². The number of carbonyl (C=O) groups is 2. The van der Waals surface area contributed by atoms with Crippen LogP contribution in [-0.4, -0.2) is 51.9 Å². The highest BCUT2D eigenvalue weighted by molar-refractivity contribution is 7.92. The van der Waals surface area contributed by atoms with Gasteiger partial charge in [0.05, 0.1) is 17.7 Å². The highest BCUT2D eigenvalue weighted by Gasteiger charge is 2.33. The molecule has 3 aromatic carbocycles. The van der Waals surface area contributed by atoms with Gasteiger partial charge in [0.15, 0.2) is 0 Å². The molecule has 202 valence electrons. The van der Waals surface area contributed by atoms with Crippen molar-refractivity contribution in [1.29, 1.82) is 0 Å². The second-order valence-corrected chi connectivity index (χ2v) is 11.2. The SMILES string of the molecule is CNC(=O)C(C)N(Cc1ccc(OC)cc1)C(=O)CN(c1ccc(Cl)cc1C)S(=O)(=O)c1ccc(C)cc1. The predicted molar refractivity (Wildman–Crippen MR) is 149 cm³/mol. The number of nitrogens with one attached hydrogen (secondary N) is 1. The van der Waals surface area contributed by atoms with Gasteiger partial charge in [0.25, 0.3) is 10.0 Å². The lowest BCUT2D eigenvalue weighted by Crippen LogP contribution is -2.50. The first-order valence-electron chi connectivity index (χ1n) is 12.0. The van der Waals surface area contributed by atoms with Crippen molar-refractivity contribution in [3.63, 3.8) is 0 Å². The van der Waals surface area contributed by atoms with Gasteiger partial charge in [-0.15, -0.1) is 0 Å². The van der Waals surface area contributed by atoms with Crippen LogP contribution in [0.3, 0.4) is 0 Å². The summed E-state index contributed by atoms with van der Waals surface area (Å²) in [7, 11) is -1.10. The van der Waals surface area contributed by atoms with Gasteiger partial charge in [-0.3, -0.25) is 13.9 Å². The first-order valence-corrected chi connectivity index (χ1v) is 13.8. The Kier molecular flexibility index (Phi) is 9.40. The molecule has 1 unspecified atom stereocenters. The number of amides is 2. The van der Waals surface area contributed by atoms with Gasteiger partial charge in [-0.05, 0) is 74.4 Å². The van der Waals surface area contributed by atoms with E-state index in [4.69, 9.17) is 16.3 Å². The van der Waals surface area contributed by atoms with E-state index in [9.17, 15) is 18.0 Å². The summed E-state index contributed by atoms with van der Waals surface area (Å²) < 4.78 is 34.0. The Hall–Kier alpha value is -3.56. The maximum atomic E-state index is 13.9. The van der Waals surface area contributed by atoms with Crippen LogP contribution in [0.4, 0.5) is 5.69 Å². The molecule has 0 spiro atoms. The minimum absolute atomic E-state index is 0.0475. The molecule has 2 amide bonds. The fourth-order valence-electron chi connectivity index (χ4n) is 3.97. The van der Waals surface area contributed by atoms with E-state index in [1.54, 1.807) is 75.6 Å². The van der Waals surface area contributed by atoms with Crippen LogP contribution in [0.15, 0.2) is 71.6 Å². The van der Waals surface area contributed by atoms with E-state index in [-0.39, 0.29) is 17.3 Å². The first kappa shape index (κ1) is 29.0. The number of carbonyl (C=O) groups excluding carboxylic acids is 2. The number of benzene rings is 3. The molecular weight excluding hydrogens is 526 g/mol. The zero-order valence-corrected chi connectivity index (χ0v) is 23.6. The van der Waals surface area contributed by atoms with E-state index in [0.717, 1.165) is 15.4 Å². The van der Waals surface area contributed by atoms with Gasteiger partial charge in [-0.1, -0.05) is 41.4 Å². The van der Waals surface area contributed by atoms with E-state index < -0.39 is 28.5 Å². The number of ether oxygens (including phenoxy) is 1. The van der Waals surface area contributed by atoms with Crippen molar-refractivity contribution >= 4 is 39.1 Å². The second-order valence-electron chi connectivity index (χ2n) is 8.92. The number of aryl methyl sites for hydroxylation is 2. The summed E-state index contributed by atoms with van der Waals surface area (Å²) >= 11 is 6.13. The minimum Gasteiger partial charge on any atom is -0.497 e. The first-order chi connectivity index (χ1) is 18.0. The normalized spacial score (nSPS) is 11.9. The monoisotopic (exact) mass is 557 g/mol. The molecule has 0 saturated carbocycles. The van der Waals surface area contributed by atoms with E-state index in [1.165, 1.54) is 24.1 Å². The molecule has 0 bridgehead atoms. The Bertz CT molecular complexity index is 1390. The van der Waals surface area contributed by atoms with Crippen LogP contribution < -0.4 is 14.4 Å². The lowest BCUT2D eigenvalue weighted by atomic mass is 10.1. The molecule has 3 rings (SSSR count). The Balaban J connectivity index is 2.05. The molecule has 38 heavy (non-hydrogen) atoms. The number of anilines is 1. The van der Waals surface area contributed by atoms with Crippen LogP contribution in [0.5, 0.6) is 5.75 Å². The summed E-state index contributed by atoms with van der Waals surface area (Å²) in [6.45, 7) is 4.77. The average Bonchev–Trinajstić information content (AvgIpc) is 2.90. The topological polar surface area (TPSA) is 96.0 Å². The van der Waals surface area contributed by atoms with Crippen LogP contribution in [0, 0.1) is 13.8 Å². The molecule has 0 aliphatic carbocycles. The smallest absolute Gasteiger partial charge is 0.264 e. The molecule has 8 nitrogen and oxygen atoms in total. The molecule has 0 saturated heterocycles. The van der Waals surface area contributed by atoms with Gasteiger partial charge in [0.2, 0.25) is 11.8 Å².